The molecule has 2 aliphatic carbocycles. The number of Topliss-reactive ketones (excluding diaryl/α,β-unsaturated/α-hetero) is 1. The Labute approximate surface area is 94.8 Å². The van der Waals surface area contributed by atoms with Crippen molar-refractivity contribution in [3.63, 3.8) is 0 Å². The van der Waals surface area contributed by atoms with Gasteiger partial charge in [0.05, 0.1) is 5.92 Å². The highest BCUT2D eigenvalue weighted by Crippen LogP contribution is 2.30. The highest BCUT2D eigenvalue weighted by Gasteiger charge is 2.27. The fourth-order valence-electron chi connectivity index (χ4n) is 2.33. The van der Waals surface area contributed by atoms with Crippen molar-refractivity contribution in [1.82, 2.24) is 0 Å². The molecule has 1 heteroatoms. The van der Waals surface area contributed by atoms with E-state index in [4.69, 9.17) is 0 Å². The highest BCUT2D eigenvalue weighted by atomic mass is 16.1. The van der Waals surface area contributed by atoms with Crippen molar-refractivity contribution in [3.8, 4) is 0 Å². The molecular weight excluding hydrogens is 196 g/mol. The van der Waals surface area contributed by atoms with Crippen LogP contribution in [0, 0.1) is 11.8 Å². The van der Waals surface area contributed by atoms with E-state index in [0.29, 0.717) is 0 Å². The minimum Gasteiger partial charge on any atom is -0.293 e. The largest absolute Gasteiger partial charge is 0.293 e. The molecule has 0 amide bonds. The highest BCUT2D eigenvalue weighted by molar-refractivity contribution is 6.03. The molecule has 78 valence electrons. The van der Waals surface area contributed by atoms with Crippen molar-refractivity contribution in [2.24, 2.45) is 11.8 Å². The lowest BCUT2D eigenvalue weighted by atomic mass is 9.84. The number of rotatable bonds is 0. The molecule has 1 aromatic rings. The zero-order valence-corrected chi connectivity index (χ0v) is 8.84. The summed E-state index contributed by atoms with van der Waals surface area (Å²) in [6.07, 6.45) is 12.2. The first-order chi connectivity index (χ1) is 7.86. The lowest BCUT2D eigenvalue weighted by Crippen LogP contribution is -2.20. The van der Waals surface area contributed by atoms with Crippen molar-refractivity contribution in [3.05, 3.63) is 65.8 Å². The summed E-state index contributed by atoms with van der Waals surface area (Å²) in [4.78, 5) is 12.3. The molecule has 2 aliphatic rings. The molecule has 0 spiro atoms. The molecule has 0 fully saturated rings. The molecule has 0 radical (unpaired) electrons. The Morgan fingerprint density at radius 1 is 0.938 bits per heavy atom. The first-order valence-electron chi connectivity index (χ1n) is 5.53. The second kappa shape index (κ2) is 3.60. The van der Waals surface area contributed by atoms with Gasteiger partial charge in [0.1, 0.15) is 0 Å². The van der Waals surface area contributed by atoms with E-state index in [1.807, 2.05) is 42.5 Å². The third-order valence-corrected chi connectivity index (χ3v) is 3.20. The van der Waals surface area contributed by atoms with Crippen LogP contribution in [0.1, 0.15) is 15.9 Å². The van der Waals surface area contributed by atoms with Crippen LogP contribution in [0.2, 0.25) is 0 Å². The first-order valence-corrected chi connectivity index (χ1v) is 5.53. The molecule has 0 heterocycles. The summed E-state index contributed by atoms with van der Waals surface area (Å²) in [5, 5.41) is 0. The van der Waals surface area contributed by atoms with Gasteiger partial charge in [0, 0.05) is 11.5 Å². The van der Waals surface area contributed by atoms with Crippen LogP contribution in [0.4, 0.5) is 0 Å². The maximum Gasteiger partial charge on any atom is 0.171 e. The number of carbonyl (C=O) groups excluding carboxylic acids is 1. The molecule has 1 aromatic carbocycles. The molecule has 16 heavy (non-hydrogen) atoms. The van der Waals surface area contributed by atoms with Gasteiger partial charge in [0.25, 0.3) is 0 Å². The Morgan fingerprint density at radius 2 is 1.75 bits per heavy atom. The van der Waals surface area contributed by atoms with E-state index in [-0.39, 0.29) is 17.6 Å². The van der Waals surface area contributed by atoms with Crippen LogP contribution < -0.4 is 0 Å². The van der Waals surface area contributed by atoms with E-state index in [9.17, 15) is 4.79 Å². The van der Waals surface area contributed by atoms with Gasteiger partial charge in [0.2, 0.25) is 0 Å². The number of hydrogen-bond acceptors (Lipinski definition) is 1. The van der Waals surface area contributed by atoms with Crippen molar-refractivity contribution in [2.75, 3.05) is 0 Å². The molecule has 0 N–H and O–H groups in total. The number of carbonyl (C=O) groups is 1. The van der Waals surface area contributed by atoms with Crippen molar-refractivity contribution in [2.45, 2.75) is 0 Å². The number of allylic oxidation sites excluding steroid dienone is 5. The van der Waals surface area contributed by atoms with Gasteiger partial charge < -0.3 is 0 Å². The lowest BCUT2D eigenvalue weighted by molar-refractivity contribution is 0.0932. The van der Waals surface area contributed by atoms with E-state index < -0.39 is 0 Å². The van der Waals surface area contributed by atoms with Crippen molar-refractivity contribution < 1.29 is 4.79 Å². The predicted octanol–water partition coefficient (Wildman–Crippen LogP) is 3.25. The van der Waals surface area contributed by atoms with E-state index in [2.05, 4.69) is 18.2 Å². The normalized spacial score (nSPS) is 26.1. The summed E-state index contributed by atoms with van der Waals surface area (Å²) in [6.45, 7) is 0. The molecule has 2 atom stereocenters. The molecule has 0 saturated heterocycles. The second-order valence-electron chi connectivity index (χ2n) is 4.18. The third kappa shape index (κ3) is 1.36. The van der Waals surface area contributed by atoms with E-state index in [1.165, 1.54) is 0 Å². The van der Waals surface area contributed by atoms with Crippen LogP contribution in [0.25, 0.3) is 6.08 Å². The number of ketones is 1. The van der Waals surface area contributed by atoms with E-state index in [1.54, 1.807) is 0 Å². The fourth-order valence-corrected chi connectivity index (χ4v) is 2.33. The first kappa shape index (κ1) is 9.34. The summed E-state index contributed by atoms with van der Waals surface area (Å²) in [5.74, 6) is 0.418. The second-order valence-corrected chi connectivity index (χ2v) is 4.18. The van der Waals surface area contributed by atoms with Crippen LogP contribution in [-0.2, 0) is 0 Å². The average molecular weight is 208 g/mol. The zero-order chi connectivity index (χ0) is 11.0. The van der Waals surface area contributed by atoms with Crippen LogP contribution >= 0.6 is 0 Å². The summed E-state index contributed by atoms with van der Waals surface area (Å²) >= 11 is 0. The van der Waals surface area contributed by atoms with Gasteiger partial charge in [-0.3, -0.25) is 4.79 Å². The van der Waals surface area contributed by atoms with Crippen molar-refractivity contribution in [1.29, 1.82) is 0 Å². The quantitative estimate of drug-likeness (QED) is 0.639. The van der Waals surface area contributed by atoms with E-state index in [0.717, 1.165) is 11.1 Å². The maximum atomic E-state index is 12.3. The molecule has 0 aliphatic heterocycles. The minimum absolute atomic E-state index is 0.0232. The van der Waals surface area contributed by atoms with Gasteiger partial charge in [0.15, 0.2) is 5.78 Å². The smallest absolute Gasteiger partial charge is 0.171 e. The number of hydrogen-bond donors (Lipinski definition) is 0. The van der Waals surface area contributed by atoms with Gasteiger partial charge in [-0.2, -0.15) is 0 Å². The Kier molecular flexibility index (Phi) is 2.10. The van der Waals surface area contributed by atoms with Gasteiger partial charge in [-0.05, 0) is 5.56 Å². The monoisotopic (exact) mass is 208 g/mol. The average Bonchev–Trinajstić information content (AvgIpc) is 2.49. The predicted molar refractivity (Wildman–Crippen MR) is 65.1 cm³/mol. The fraction of sp³-hybridized carbons (Fsp3) is 0.133. The Hall–Kier alpha value is -1.89. The summed E-state index contributed by atoms with van der Waals surface area (Å²) in [7, 11) is 0. The van der Waals surface area contributed by atoms with Crippen LogP contribution in [0.5, 0.6) is 0 Å². The standard InChI is InChI=1S/C15H12O/c16-15-13-7-3-1-5-11(13)9-10-12-6-2-4-8-14(12)15/h1-11,13H. The van der Waals surface area contributed by atoms with Crippen LogP contribution in [0.3, 0.4) is 0 Å². The Balaban J connectivity index is 2.14. The SMILES string of the molecule is O=C1c2ccccc2C=CC2C=CC=CC12. The molecule has 0 aromatic heterocycles. The number of benzene rings is 1. The lowest BCUT2D eigenvalue weighted by Gasteiger charge is -2.18. The molecule has 0 bridgehead atoms. The van der Waals surface area contributed by atoms with Crippen LogP contribution in [0.15, 0.2) is 54.6 Å². The Bertz CT molecular complexity index is 520. The molecular formula is C15H12O. The van der Waals surface area contributed by atoms with Crippen molar-refractivity contribution >= 4 is 11.9 Å². The van der Waals surface area contributed by atoms with E-state index >= 15 is 0 Å². The van der Waals surface area contributed by atoms with Gasteiger partial charge >= 0.3 is 0 Å². The topological polar surface area (TPSA) is 17.1 Å². The van der Waals surface area contributed by atoms with Crippen LogP contribution in [-0.4, -0.2) is 5.78 Å². The van der Waals surface area contributed by atoms with Gasteiger partial charge in [-0.15, -0.1) is 0 Å². The summed E-state index contributed by atoms with van der Waals surface area (Å²) in [5.41, 5.74) is 1.87. The number of fused-ring (bicyclic) bond motifs is 2. The minimum atomic E-state index is -0.0232. The van der Waals surface area contributed by atoms with Gasteiger partial charge in [-0.25, -0.2) is 0 Å². The molecule has 2 unspecified atom stereocenters. The zero-order valence-electron chi connectivity index (χ0n) is 8.84. The summed E-state index contributed by atoms with van der Waals surface area (Å²) in [6, 6.07) is 7.80. The summed E-state index contributed by atoms with van der Waals surface area (Å²) < 4.78 is 0. The molecule has 3 rings (SSSR count). The molecule has 0 saturated carbocycles. The molecule has 1 nitrogen and oxygen atoms in total. The Morgan fingerprint density at radius 3 is 2.69 bits per heavy atom. The maximum absolute atomic E-state index is 12.3. The van der Waals surface area contributed by atoms with Gasteiger partial charge in [-0.1, -0.05) is 60.7 Å². The third-order valence-electron chi connectivity index (χ3n) is 3.20.